The molecule has 0 heterocycles. The zero-order valence-electron chi connectivity index (χ0n) is 15.0. The van der Waals surface area contributed by atoms with Crippen molar-refractivity contribution in [2.24, 2.45) is 0 Å². The molecule has 2 aromatic rings. The molecular formula is C19H20ClNO5. The normalized spacial score (nSPS) is 10.2. The molecule has 0 radical (unpaired) electrons. The van der Waals surface area contributed by atoms with Crippen molar-refractivity contribution < 1.29 is 23.8 Å². The minimum absolute atomic E-state index is 0.120. The zero-order chi connectivity index (χ0) is 19.3. The number of aryl methyl sites for hydroxylation is 2. The highest BCUT2D eigenvalue weighted by atomic mass is 35.5. The molecule has 0 saturated heterocycles. The SMILES string of the molecule is COc1cccc(OC)c1C(=O)OCC(=O)Nc1c(C)cc(C)cc1Cl. The lowest BCUT2D eigenvalue weighted by atomic mass is 10.1. The van der Waals surface area contributed by atoms with E-state index in [-0.39, 0.29) is 5.56 Å². The van der Waals surface area contributed by atoms with Crippen LogP contribution in [-0.4, -0.2) is 32.7 Å². The Morgan fingerprint density at radius 1 is 1.08 bits per heavy atom. The van der Waals surface area contributed by atoms with Gasteiger partial charge in [0.15, 0.2) is 6.61 Å². The van der Waals surface area contributed by atoms with E-state index in [4.69, 9.17) is 25.8 Å². The van der Waals surface area contributed by atoms with Gasteiger partial charge in [-0.05, 0) is 43.2 Å². The minimum atomic E-state index is -0.721. The first-order valence-corrected chi connectivity index (χ1v) is 8.20. The Morgan fingerprint density at radius 2 is 1.69 bits per heavy atom. The Balaban J connectivity index is 2.08. The van der Waals surface area contributed by atoms with Crippen molar-refractivity contribution in [1.29, 1.82) is 0 Å². The average molecular weight is 378 g/mol. The van der Waals surface area contributed by atoms with Gasteiger partial charge in [-0.3, -0.25) is 4.79 Å². The van der Waals surface area contributed by atoms with Crippen LogP contribution in [0.3, 0.4) is 0 Å². The molecule has 2 rings (SSSR count). The van der Waals surface area contributed by atoms with Crippen molar-refractivity contribution in [3.8, 4) is 11.5 Å². The maximum Gasteiger partial charge on any atom is 0.346 e. The van der Waals surface area contributed by atoms with E-state index in [0.717, 1.165) is 11.1 Å². The number of halogens is 1. The maximum atomic E-state index is 12.4. The summed E-state index contributed by atoms with van der Waals surface area (Å²) in [5, 5.41) is 3.08. The van der Waals surface area contributed by atoms with E-state index in [1.165, 1.54) is 14.2 Å². The minimum Gasteiger partial charge on any atom is -0.496 e. The van der Waals surface area contributed by atoms with Crippen LogP contribution < -0.4 is 14.8 Å². The topological polar surface area (TPSA) is 73.9 Å². The molecule has 0 unspecified atom stereocenters. The molecular weight excluding hydrogens is 358 g/mol. The van der Waals surface area contributed by atoms with Crippen molar-refractivity contribution >= 4 is 29.2 Å². The third-order valence-corrected chi connectivity index (χ3v) is 3.96. The fourth-order valence-corrected chi connectivity index (χ4v) is 2.87. The zero-order valence-corrected chi connectivity index (χ0v) is 15.8. The Kier molecular flexibility index (Phi) is 6.46. The van der Waals surface area contributed by atoms with Crippen LogP contribution in [0.15, 0.2) is 30.3 Å². The number of rotatable bonds is 6. The number of esters is 1. The first-order valence-electron chi connectivity index (χ1n) is 7.82. The maximum absolute atomic E-state index is 12.4. The summed E-state index contributed by atoms with van der Waals surface area (Å²) in [6.07, 6.45) is 0. The number of hydrogen-bond donors (Lipinski definition) is 1. The second kappa shape index (κ2) is 8.58. The van der Waals surface area contributed by atoms with Crippen LogP contribution in [0.25, 0.3) is 0 Å². The highest BCUT2D eigenvalue weighted by molar-refractivity contribution is 6.34. The lowest BCUT2D eigenvalue weighted by molar-refractivity contribution is -0.119. The average Bonchev–Trinajstić information content (AvgIpc) is 2.61. The number of nitrogens with one attached hydrogen (secondary N) is 1. The highest BCUT2D eigenvalue weighted by Gasteiger charge is 2.21. The summed E-state index contributed by atoms with van der Waals surface area (Å²) >= 11 is 6.16. The van der Waals surface area contributed by atoms with Crippen molar-refractivity contribution in [3.05, 3.63) is 52.0 Å². The lowest BCUT2D eigenvalue weighted by Gasteiger charge is -2.13. The van der Waals surface area contributed by atoms with Gasteiger partial charge in [-0.2, -0.15) is 0 Å². The number of carbonyl (C=O) groups excluding carboxylic acids is 2. The molecule has 0 saturated carbocycles. The second-order valence-corrected chi connectivity index (χ2v) is 6.01. The van der Waals surface area contributed by atoms with Crippen molar-refractivity contribution in [3.63, 3.8) is 0 Å². The number of anilines is 1. The molecule has 0 bridgehead atoms. The van der Waals surface area contributed by atoms with Crippen LogP contribution >= 0.6 is 11.6 Å². The standard InChI is InChI=1S/C19H20ClNO5/c1-11-8-12(2)18(13(20)9-11)21-16(22)10-26-19(23)17-14(24-3)6-5-7-15(17)25-4/h5-9H,10H2,1-4H3,(H,21,22). The van der Waals surface area contributed by atoms with E-state index in [1.54, 1.807) is 24.3 Å². The summed E-state index contributed by atoms with van der Waals surface area (Å²) in [5.41, 5.74) is 2.42. The highest BCUT2D eigenvalue weighted by Crippen LogP contribution is 2.29. The van der Waals surface area contributed by atoms with Crippen LogP contribution in [0.5, 0.6) is 11.5 Å². The summed E-state index contributed by atoms with van der Waals surface area (Å²) < 4.78 is 15.4. The number of ether oxygens (including phenoxy) is 3. The van der Waals surface area contributed by atoms with E-state index < -0.39 is 18.5 Å². The van der Waals surface area contributed by atoms with Gasteiger partial charge in [0.2, 0.25) is 0 Å². The molecule has 1 amide bonds. The molecule has 0 aliphatic heterocycles. The van der Waals surface area contributed by atoms with Crippen LogP contribution in [0.2, 0.25) is 5.02 Å². The molecule has 138 valence electrons. The van der Waals surface area contributed by atoms with E-state index in [0.29, 0.717) is 22.2 Å². The predicted octanol–water partition coefficient (Wildman–Crippen LogP) is 3.77. The molecule has 0 atom stereocenters. The van der Waals surface area contributed by atoms with Gasteiger partial charge in [-0.25, -0.2) is 4.79 Å². The summed E-state index contributed by atoms with van der Waals surface area (Å²) in [6.45, 7) is 3.27. The Hall–Kier alpha value is -2.73. The molecule has 6 nitrogen and oxygen atoms in total. The van der Waals surface area contributed by atoms with Gasteiger partial charge in [-0.1, -0.05) is 23.7 Å². The summed E-state index contributed by atoms with van der Waals surface area (Å²) in [4.78, 5) is 24.5. The van der Waals surface area contributed by atoms with Gasteiger partial charge >= 0.3 is 5.97 Å². The van der Waals surface area contributed by atoms with Crippen LogP contribution in [0.4, 0.5) is 5.69 Å². The number of hydrogen-bond acceptors (Lipinski definition) is 5. The molecule has 0 fully saturated rings. The first-order chi connectivity index (χ1) is 12.4. The fraction of sp³-hybridized carbons (Fsp3) is 0.263. The molecule has 26 heavy (non-hydrogen) atoms. The molecule has 1 N–H and O–H groups in total. The smallest absolute Gasteiger partial charge is 0.346 e. The first kappa shape index (κ1) is 19.6. The fourth-order valence-electron chi connectivity index (χ4n) is 2.51. The number of methoxy groups -OCH3 is 2. The predicted molar refractivity (Wildman–Crippen MR) is 99.4 cm³/mol. The van der Waals surface area contributed by atoms with Crippen LogP contribution in [0.1, 0.15) is 21.5 Å². The van der Waals surface area contributed by atoms with E-state index in [9.17, 15) is 9.59 Å². The molecule has 0 aliphatic carbocycles. The third kappa shape index (κ3) is 4.46. The van der Waals surface area contributed by atoms with E-state index >= 15 is 0 Å². The quantitative estimate of drug-likeness (QED) is 0.776. The monoisotopic (exact) mass is 377 g/mol. The number of carbonyl (C=O) groups is 2. The molecule has 2 aromatic carbocycles. The molecule has 0 aliphatic rings. The van der Waals surface area contributed by atoms with Gasteiger partial charge in [-0.15, -0.1) is 0 Å². The molecule has 7 heteroatoms. The Labute approximate surface area is 157 Å². The van der Waals surface area contributed by atoms with Gasteiger partial charge in [0.1, 0.15) is 17.1 Å². The molecule has 0 spiro atoms. The summed E-state index contributed by atoms with van der Waals surface area (Å²) in [6, 6.07) is 8.54. The summed E-state index contributed by atoms with van der Waals surface area (Å²) in [5.74, 6) is -0.624. The van der Waals surface area contributed by atoms with Gasteiger partial charge in [0.05, 0.1) is 24.9 Å². The van der Waals surface area contributed by atoms with Crippen molar-refractivity contribution in [1.82, 2.24) is 0 Å². The molecule has 0 aromatic heterocycles. The van der Waals surface area contributed by atoms with Gasteiger partial charge < -0.3 is 19.5 Å². The van der Waals surface area contributed by atoms with Crippen molar-refractivity contribution in [2.75, 3.05) is 26.1 Å². The van der Waals surface area contributed by atoms with E-state index in [2.05, 4.69) is 5.32 Å². The summed E-state index contributed by atoms with van der Waals surface area (Å²) in [7, 11) is 2.86. The van der Waals surface area contributed by atoms with Crippen LogP contribution in [-0.2, 0) is 9.53 Å². The second-order valence-electron chi connectivity index (χ2n) is 5.60. The van der Waals surface area contributed by atoms with E-state index in [1.807, 2.05) is 19.9 Å². The van der Waals surface area contributed by atoms with Gasteiger partial charge in [0.25, 0.3) is 5.91 Å². The number of amides is 1. The van der Waals surface area contributed by atoms with Gasteiger partial charge in [0, 0.05) is 0 Å². The largest absolute Gasteiger partial charge is 0.496 e. The van der Waals surface area contributed by atoms with Crippen LogP contribution in [0, 0.1) is 13.8 Å². The number of benzene rings is 2. The Morgan fingerprint density at radius 3 is 2.23 bits per heavy atom. The van der Waals surface area contributed by atoms with Crippen molar-refractivity contribution in [2.45, 2.75) is 13.8 Å². The third-order valence-electron chi connectivity index (χ3n) is 3.66. The Bertz CT molecular complexity index is 789. The lowest BCUT2D eigenvalue weighted by Crippen LogP contribution is -2.22.